The van der Waals surface area contributed by atoms with Gasteiger partial charge >= 0.3 is 6.18 Å². The quantitative estimate of drug-likeness (QED) is 0.917. The van der Waals surface area contributed by atoms with Crippen LogP contribution in [0.4, 0.5) is 13.2 Å². The molecule has 9 heteroatoms. The highest BCUT2D eigenvalue weighted by molar-refractivity contribution is 5.85. The van der Waals surface area contributed by atoms with Crippen molar-refractivity contribution in [2.24, 2.45) is 7.05 Å². The number of hydrogen-bond donors (Lipinski definition) is 1. The molecule has 5 nitrogen and oxygen atoms in total. The Kier molecular flexibility index (Phi) is 5.58. The topological polar surface area (TPSA) is 47.7 Å². The molecule has 112 valence electrons. The molecule has 0 spiro atoms. The SMILES string of the molecule is Cl.Cn1cc(CNCc2ccn(CC(F)(F)F)n2)cn1. The lowest BCUT2D eigenvalue weighted by molar-refractivity contribution is -0.142. The minimum atomic E-state index is -4.24. The van der Waals surface area contributed by atoms with Crippen LogP contribution in [0.1, 0.15) is 11.3 Å². The van der Waals surface area contributed by atoms with E-state index in [1.165, 1.54) is 6.20 Å². The zero-order valence-electron chi connectivity index (χ0n) is 10.8. The van der Waals surface area contributed by atoms with Crippen molar-refractivity contribution in [2.45, 2.75) is 25.8 Å². The molecule has 2 heterocycles. The number of hydrogen-bond acceptors (Lipinski definition) is 3. The van der Waals surface area contributed by atoms with Gasteiger partial charge in [-0.3, -0.25) is 9.36 Å². The molecule has 0 unspecified atom stereocenters. The Hall–Kier alpha value is -1.54. The van der Waals surface area contributed by atoms with E-state index in [1.807, 2.05) is 13.2 Å². The first-order valence-electron chi connectivity index (χ1n) is 5.70. The van der Waals surface area contributed by atoms with Crippen molar-refractivity contribution in [2.75, 3.05) is 0 Å². The molecule has 0 radical (unpaired) electrons. The van der Waals surface area contributed by atoms with Gasteiger partial charge in [-0.1, -0.05) is 0 Å². The monoisotopic (exact) mass is 309 g/mol. The zero-order valence-corrected chi connectivity index (χ0v) is 11.6. The average molecular weight is 310 g/mol. The molecule has 2 rings (SSSR count). The molecule has 0 aliphatic carbocycles. The lowest BCUT2D eigenvalue weighted by Crippen LogP contribution is -2.19. The number of nitrogens with one attached hydrogen (secondary N) is 1. The fourth-order valence-corrected chi connectivity index (χ4v) is 1.67. The molecule has 1 N–H and O–H groups in total. The van der Waals surface area contributed by atoms with Crippen LogP contribution in [0.2, 0.25) is 0 Å². The van der Waals surface area contributed by atoms with Gasteiger partial charge < -0.3 is 5.32 Å². The lowest BCUT2D eigenvalue weighted by atomic mass is 10.3. The summed E-state index contributed by atoms with van der Waals surface area (Å²) in [5.41, 5.74) is 1.59. The van der Waals surface area contributed by atoms with Crippen molar-refractivity contribution < 1.29 is 13.2 Å². The van der Waals surface area contributed by atoms with Crippen LogP contribution in [0.3, 0.4) is 0 Å². The van der Waals surface area contributed by atoms with Crippen LogP contribution in [0.25, 0.3) is 0 Å². The molecular formula is C11H15ClF3N5. The van der Waals surface area contributed by atoms with E-state index < -0.39 is 12.7 Å². The molecule has 2 aromatic rings. The third-order valence-corrected chi connectivity index (χ3v) is 2.43. The lowest BCUT2D eigenvalue weighted by Gasteiger charge is -2.05. The largest absolute Gasteiger partial charge is 0.408 e. The summed E-state index contributed by atoms with van der Waals surface area (Å²) >= 11 is 0. The van der Waals surface area contributed by atoms with Gasteiger partial charge in [0.15, 0.2) is 0 Å². The first kappa shape index (κ1) is 16.5. The van der Waals surface area contributed by atoms with Gasteiger partial charge in [0, 0.05) is 38.1 Å². The van der Waals surface area contributed by atoms with Crippen molar-refractivity contribution in [3.05, 3.63) is 35.9 Å². The minimum absolute atomic E-state index is 0. The fourth-order valence-electron chi connectivity index (χ4n) is 1.67. The molecule has 0 aromatic carbocycles. The average Bonchev–Trinajstić information content (AvgIpc) is 2.86. The van der Waals surface area contributed by atoms with Crippen LogP contribution in [-0.4, -0.2) is 25.7 Å². The summed E-state index contributed by atoms with van der Waals surface area (Å²) in [5.74, 6) is 0. The molecule has 0 aliphatic rings. The molecule has 0 saturated carbocycles. The Balaban J connectivity index is 0.00000200. The van der Waals surface area contributed by atoms with Gasteiger partial charge in [0.1, 0.15) is 6.54 Å². The van der Waals surface area contributed by atoms with Crippen molar-refractivity contribution in [3.63, 3.8) is 0 Å². The van der Waals surface area contributed by atoms with E-state index in [4.69, 9.17) is 0 Å². The summed E-state index contributed by atoms with van der Waals surface area (Å²) in [6, 6.07) is 1.57. The van der Waals surface area contributed by atoms with Crippen molar-refractivity contribution in [1.82, 2.24) is 24.9 Å². The summed E-state index contributed by atoms with van der Waals surface area (Å²) in [5, 5.41) is 11.0. The molecule has 0 atom stereocenters. The maximum absolute atomic E-state index is 12.1. The molecule has 0 amide bonds. The molecule has 20 heavy (non-hydrogen) atoms. The zero-order chi connectivity index (χ0) is 13.9. The first-order chi connectivity index (χ1) is 8.92. The van der Waals surface area contributed by atoms with E-state index in [9.17, 15) is 13.2 Å². The highest BCUT2D eigenvalue weighted by Crippen LogP contribution is 2.16. The maximum atomic E-state index is 12.1. The third-order valence-electron chi connectivity index (χ3n) is 2.43. The molecule has 0 saturated heterocycles. The smallest absolute Gasteiger partial charge is 0.307 e. The van der Waals surface area contributed by atoms with E-state index in [0.717, 1.165) is 10.2 Å². The number of nitrogens with zero attached hydrogens (tertiary/aromatic N) is 4. The van der Waals surface area contributed by atoms with Crippen molar-refractivity contribution in [3.8, 4) is 0 Å². The van der Waals surface area contributed by atoms with Crippen LogP contribution >= 0.6 is 12.4 Å². The van der Waals surface area contributed by atoms with E-state index in [2.05, 4.69) is 15.5 Å². The van der Waals surface area contributed by atoms with Gasteiger partial charge in [-0.2, -0.15) is 23.4 Å². The van der Waals surface area contributed by atoms with Crippen molar-refractivity contribution >= 4 is 12.4 Å². The second-order valence-electron chi connectivity index (χ2n) is 4.25. The summed E-state index contributed by atoms with van der Waals surface area (Å²) in [6.07, 6.45) is 0.686. The highest BCUT2D eigenvalue weighted by atomic mass is 35.5. The summed E-state index contributed by atoms with van der Waals surface area (Å²) < 4.78 is 39.0. The molecule has 0 bridgehead atoms. The summed E-state index contributed by atoms with van der Waals surface area (Å²) in [7, 11) is 1.82. The van der Waals surface area contributed by atoms with E-state index in [1.54, 1.807) is 16.9 Å². The van der Waals surface area contributed by atoms with Gasteiger partial charge in [0.25, 0.3) is 0 Å². The predicted molar refractivity (Wildman–Crippen MR) is 69.3 cm³/mol. The van der Waals surface area contributed by atoms with Crippen LogP contribution in [0.15, 0.2) is 24.7 Å². The Morgan fingerprint density at radius 2 is 2.05 bits per heavy atom. The van der Waals surface area contributed by atoms with Crippen molar-refractivity contribution in [1.29, 1.82) is 0 Å². The van der Waals surface area contributed by atoms with Gasteiger partial charge in [-0.15, -0.1) is 12.4 Å². The number of aryl methyl sites for hydroxylation is 1. The Morgan fingerprint density at radius 1 is 1.30 bits per heavy atom. The van der Waals surface area contributed by atoms with E-state index in [-0.39, 0.29) is 12.4 Å². The molecule has 0 fully saturated rings. The fraction of sp³-hybridized carbons (Fsp3) is 0.455. The first-order valence-corrected chi connectivity index (χ1v) is 5.70. The number of aromatic nitrogens is 4. The standard InChI is InChI=1S/C11H14F3N5.ClH/c1-18-7-9(5-16-18)4-15-6-10-2-3-19(17-10)8-11(12,13)14;/h2-3,5,7,15H,4,6,8H2,1H3;1H. The number of halogens is 4. The number of rotatable bonds is 5. The van der Waals surface area contributed by atoms with Gasteiger partial charge in [0.2, 0.25) is 0 Å². The van der Waals surface area contributed by atoms with Crippen LogP contribution < -0.4 is 5.32 Å². The Labute approximate surface area is 120 Å². The van der Waals surface area contributed by atoms with Gasteiger partial charge in [-0.25, -0.2) is 0 Å². The second kappa shape index (κ2) is 6.76. The number of alkyl halides is 3. The van der Waals surface area contributed by atoms with E-state index in [0.29, 0.717) is 18.8 Å². The summed E-state index contributed by atoms with van der Waals surface area (Å²) in [4.78, 5) is 0. The minimum Gasteiger partial charge on any atom is -0.307 e. The molecule has 2 aromatic heterocycles. The maximum Gasteiger partial charge on any atom is 0.408 e. The van der Waals surface area contributed by atoms with Crippen LogP contribution in [-0.2, 0) is 26.7 Å². The van der Waals surface area contributed by atoms with Gasteiger partial charge in [0.05, 0.1) is 11.9 Å². The van der Waals surface area contributed by atoms with Gasteiger partial charge in [-0.05, 0) is 6.07 Å². The van der Waals surface area contributed by atoms with E-state index >= 15 is 0 Å². The Bertz CT molecular complexity index is 534. The molecule has 0 aliphatic heterocycles. The summed E-state index contributed by atoms with van der Waals surface area (Å²) in [6.45, 7) is -0.0463. The predicted octanol–water partition coefficient (Wildman–Crippen LogP) is 1.89. The molecular weight excluding hydrogens is 295 g/mol. The Morgan fingerprint density at radius 3 is 2.65 bits per heavy atom. The van der Waals surface area contributed by atoms with Crippen LogP contribution in [0.5, 0.6) is 0 Å². The third kappa shape index (κ3) is 5.22. The normalized spacial score (nSPS) is 11.4. The second-order valence-corrected chi connectivity index (χ2v) is 4.25. The van der Waals surface area contributed by atoms with Crippen LogP contribution in [0, 0.1) is 0 Å². The highest BCUT2D eigenvalue weighted by Gasteiger charge is 2.28.